The molecule has 94 valence electrons. The molecule has 0 aliphatic carbocycles. The summed E-state index contributed by atoms with van der Waals surface area (Å²) in [6.45, 7) is 1.42. The molecule has 0 aliphatic heterocycles. The fraction of sp³-hybridized carbons (Fsp3) is 0.364. The highest BCUT2D eigenvalue weighted by Crippen LogP contribution is 2.21. The van der Waals surface area contributed by atoms with Gasteiger partial charge in [-0.05, 0) is 18.6 Å². The van der Waals surface area contributed by atoms with Gasteiger partial charge in [0.1, 0.15) is 0 Å². The van der Waals surface area contributed by atoms with E-state index in [-0.39, 0.29) is 12.2 Å². The van der Waals surface area contributed by atoms with Crippen LogP contribution < -0.4 is 0 Å². The highest BCUT2D eigenvalue weighted by Gasteiger charge is 2.24. The molecular weight excluding hydrogens is 308 g/mol. The molecule has 0 saturated carbocycles. The van der Waals surface area contributed by atoms with Gasteiger partial charge in [-0.25, -0.2) is 8.42 Å². The third kappa shape index (κ3) is 4.12. The van der Waals surface area contributed by atoms with Gasteiger partial charge in [0, 0.05) is 4.47 Å². The van der Waals surface area contributed by atoms with Crippen molar-refractivity contribution >= 4 is 31.7 Å². The molecule has 0 radical (unpaired) electrons. The minimum absolute atomic E-state index is 0.150. The predicted octanol–water partition coefficient (Wildman–Crippen LogP) is 2.23. The molecule has 0 aromatic heterocycles. The van der Waals surface area contributed by atoms with E-state index in [4.69, 9.17) is 5.11 Å². The van der Waals surface area contributed by atoms with Crippen LogP contribution in [-0.2, 0) is 20.4 Å². The number of hydrogen-bond donors (Lipinski definition) is 1. The van der Waals surface area contributed by atoms with Gasteiger partial charge in [0.25, 0.3) is 0 Å². The van der Waals surface area contributed by atoms with Gasteiger partial charge in [0.05, 0.1) is 17.4 Å². The fourth-order valence-corrected chi connectivity index (χ4v) is 3.32. The molecule has 1 aromatic carbocycles. The second-order valence-corrected chi connectivity index (χ2v) is 7.08. The van der Waals surface area contributed by atoms with Crippen LogP contribution in [-0.4, -0.2) is 24.7 Å². The normalized spacial score (nSPS) is 13.3. The van der Waals surface area contributed by atoms with Crippen LogP contribution in [0.15, 0.2) is 28.7 Å². The summed E-state index contributed by atoms with van der Waals surface area (Å²) in [7, 11) is -3.44. The first kappa shape index (κ1) is 14.2. The van der Waals surface area contributed by atoms with Gasteiger partial charge in [-0.1, -0.05) is 34.1 Å². The number of rotatable bonds is 5. The number of carboxylic acid groups (broad SMARTS) is 1. The Bertz CT molecular complexity index is 510. The molecule has 1 unspecified atom stereocenters. The summed E-state index contributed by atoms with van der Waals surface area (Å²) in [5.41, 5.74) is 0.643. The van der Waals surface area contributed by atoms with Crippen LogP contribution >= 0.6 is 15.9 Å². The maximum absolute atomic E-state index is 11.9. The van der Waals surface area contributed by atoms with E-state index in [2.05, 4.69) is 15.9 Å². The molecule has 0 amide bonds. The van der Waals surface area contributed by atoms with Gasteiger partial charge in [-0.2, -0.15) is 0 Å². The number of benzene rings is 1. The first-order chi connectivity index (χ1) is 7.83. The number of halogens is 1. The Morgan fingerprint density at radius 2 is 2.00 bits per heavy atom. The molecule has 1 N–H and O–H groups in total. The van der Waals surface area contributed by atoms with Gasteiger partial charge in [-0.3, -0.25) is 4.79 Å². The van der Waals surface area contributed by atoms with Crippen molar-refractivity contribution in [1.29, 1.82) is 0 Å². The maximum atomic E-state index is 11.9. The zero-order valence-electron chi connectivity index (χ0n) is 9.26. The van der Waals surface area contributed by atoms with Crippen molar-refractivity contribution in [3.05, 3.63) is 34.3 Å². The van der Waals surface area contributed by atoms with E-state index in [1.54, 1.807) is 24.3 Å². The van der Waals surface area contributed by atoms with Crippen LogP contribution in [0.4, 0.5) is 0 Å². The Labute approximate surface area is 109 Å². The molecule has 0 aliphatic rings. The zero-order valence-corrected chi connectivity index (χ0v) is 11.7. The number of sulfone groups is 1. The summed E-state index contributed by atoms with van der Waals surface area (Å²) < 4.78 is 24.5. The van der Waals surface area contributed by atoms with E-state index in [0.29, 0.717) is 10.0 Å². The van der Waals surface area contributed by atoms with Gasteiger partial charge >= 0.3 is 5.97 Å². The average Bonchev–Trinajstić information content (AvgIpc) is 2.20. The zero-order chi connectivity index (χ0) is 13.1. The van der Waals surface area contributed by atoms with Crippen LogP contribution in [0.5, 0.6) is 0 Å². The molecule has 1 atom stereocenters. The number of aliphatic carboxylic acids is 1. The molecule has 17 heavy (non-hydrogen) atoms. The van der Waals surface area contributed by atoms with Crippen LogP contribution in [0.1, 0.15) is 18.9 Å². The van der Waals surface area contributed by atoms with Gasteiger partial charge < -0.3 is 5.11 Å². The lowest BCUT2D eigenvalue weighted by molar-refractivity contribution is -0.136. The van der Waals surface area contributed by atoms with E-state index in [1.165, 1.54) is 6.92 Å². The number of carbonyl (C=O) groups is 1. The molecule has 0 bridgehead atoms. The molecule has 0 saturated heterocycles. The van der Waals surface area contributed by atoms with Crippen molar-refractivity contribution in [3.63, 3.8) is 0 Å². The second kappa shape index (κ2) is 5.64. The lowest BCUT2D eigenvalue weighted by Gasteiger charge is -2.11. The largest absolute Gasteiger partial charge is 0.481 e. The van der Waals surface area contributed by atoms with Crippen molar-refractivity contribution in [2.24, 2.45) is 0 Å². The Balaban J connectivity index is 2.87. The average molecular weight is 321 g/mol. The van der Waals surface area contributed by atoms with Gasteiger partial charge in [-0.15, -0.1) is 0 Å². The molecular formula is C11H13BrO4S. The highest BCUT2D eigenvalue weighted by molar-refractivity contribution is 9.10. The molecule has 4 nitrogen and oxygen atoms in total. The number of carboxylic acids is 1. The fourth-order valence-electron chi connectivity index (χ4n) is 1.35. The minimum Gasteiger partial charge on any atom is -0.481 e. The topological polar surface area (TPSA) is 71.4 Å². The standard InChI is InChI=1S/C11H13BrO4S/c1-8(6-11(13)14)17(15,16)7-9-4-2-3-5-10(9)12/h2-5,8H,6-7H2,1H3,(H,13,14). The van der Waals surface area contributed by atoms with Crippen LogP contribution in [0.3, 0.4) is 0 Å². The molecule has 1 rings (SSSR count). The smallest absolute Gasteiger partial charge is 0.304 e. The van der Waals surface area contributed by atoms with E-state index in [0.717, 1.165) is 0 Å². The highest BCUT2D eigenvalue weighted by atomic mass is 79.9. The third-order valence-electron chi connectivity index (χ3n) is 2.39. The Morgan fingerprint density at radius 3 is 2.53 bits per heavy atom. The van der Waals surface area contributed by atoms with Crippen molar-refractivity contribution in [2.45, 2.75) is 24.3 Å². The molecule has 0 heterocycles. The minimum atomic E-state index is -3.44. The summed E-state index contributed by atoms with van der Waals surface area (Å²) in [6.07, 6.45) is -0.368. The third-order valence-corrected chi connectivity index (χ3v) is 5.27. The van der Waals surface area contributed by atoms with Crippen LogP contribution in [0, 0.1) is 0 Å². The Kier molecular flexibility index (Phi) is 4.70. The summed E-state index contributed by atoms with van der Waals surface area (Å²) >= 11 is 3.27. The monoisotopic (exact) mass is 320 g/mol. The molecule has 1 aromatic rings. The SMILES string of the molecule is CC(CC(=O)O)S(=O)(=O)Cc1ccccc1Br. The van der Waals surface area contributed by atoms with E-state index in [9.17, 15) is 13.2 Å². The van der Waals surface area contributed by atoms with Crippen molar-refractivity contribution in [2.75, 3.05) is 0 Å². The Morgan fingerprint density at radius 1 is 1.41 bits per heavy atom. The Hall–Kier alpha value is -0.880. The predicted molar refractivity (Wildman–Crippen MR) is 68.5 cm³/mol. The molecule has 0 fully saturated rings. The molecule has 6 heteroatoms. The van der Waals surface area contributed by atoms with Crippen molar-refractivity contribution in [1.82, 2.24) is 0 Å². The quantitative estimate of drug-likeness (QED) is 0.903. The maximum Gasteiger partial charge on any atom is 0.304 e. The molecule has 0 spiro atoms. The van der Waals surface area contributed by atoms with E-state index >= 15 is 0 Å². The summed E-state index contributed by atoms with van der Waals surface area (Å²) in [5, 5.41) is 7.71. The summed E-state index contributed by atoms with van der Waals surface area (Å²) in [5.74, 6) is -1.25. The van der Waals surface area contributed by atoms with Crippen molar-refractivity contribution < 1.29 is 18.3 Å². The van der Waals surface area contributed by atoms with Gasteiger partial charge in [0.2, 0.25) is 0 Å². The lowest BCUT2D eigenvalue weighted by atomic mass is 10.2. The van der Waals surface area contributed by atoms with Crippen LogP contribution in [0.25, 0.3) is 0 Å². The first-order valence-electron chi connectivity index (χ1n) is 4.99. The van der Waals surface area contributed by atoms with Crippen molar-refractivity contribution in [3.8, 4) is 0 Å². The van der Waals surface area contributed by atoms with E-state index < -0.39 is 21.1 Å². The van der Waals surface area contributed by atoms with Crippen LogP contribution in [0.2, 0.25) is 0 Å². The van der Waals surface area contributed by atoms with Gasteiger partial charge in [0.15, 0.2) is 9.84 Å². The summed E-state index contributed by atoms with van der Waals surface area (Å²) in [6, 6.07) is 7.00. The van der Waals surface area contributed by atoms with E-state index in [1.807, 2.05) is 0 Å². The summed E-state index contributed by atoms with van der Waals surface area (Å²) in [4.78, 5) is 10.5. The first-order valence-corrected chi connectivity index (χ1v) is 7.50. The lowest BCUT2D eigenvalue weighted by Crippen LogP contribution is -2.22. The number of hydrogen-bond acceptors (Lipinski definition) is 3. The second-order valence-electron chi connectivity index (χ2n) is 3.81.